The van der Waals surface area contributed by atoms with Crippen LogP contribution < -0.4 is 5.32 Å². The molecule has 0 aromatic carbocycles. The van der Waals surface area contributed by atoms with E-state index in [1.807, 2.05) is 20.8 Å². The number of amides is 1. The minimum absolute atomic E-state index is 0.240. The average Bonchev–Trinajstić information content (AvgIpc) is 2.23. The zero-order chi connectivity index (χ0) is 14.3. The number of nitrogens with zero attached hydrogens (tertiary/aromatic N) is 1. The summed E-state index contributed by atoms with van der Waals surface area (Å²) in [6.07, 6.45) is 0.809. The predicted molar refractivity (Wildman–Crippen MR) is 75.5 cm³/mol. The number of hydrogen-bond acceptors (Lipinski definition) is 3. The van der Waals surface area contributed by atoms with Crippen molar-refractivity contribution in [2.75, 3.05) is 13.2 Å². The summed E-state index contributed by atoms with van der Waals surface area (Å²) in [5.74, 6) is 0.461. The Labute approximate surface area is 112 Å². The van der Waals surface area contributed by atoms with Crippen LogP contribution in [0.15, 0.2) is 0 Å². The number of ether oxygens (including phenoxy) is 1. The minimum atomic E-state index is -0.399. The molecule has 0 rings (SSSR count). The molecule has 18 heavy (non-hydrogen) atoms. The highest BCUT2D eigenvalue weighted by Crippen LogP contribution is 2.17. The van der Waals surface area contributed by atoms with E-state index < -0.39 is 5.66 Å². The topological polar surface area (TPSA) is 41.6 Å². The third-order valence-corrected chi connectivity index (χ3v) is 3.00. The Bertz CT molecular complexity index is 252. The molecule has 0 saturated carbocycles. The Balaban J connectivity index is 4.88. The van der Waals surface area contributed by atoms with Gasteiger partial charge in [0.05, 0.1) is 12.3 Å². The fourth-order valence-electron chi connectivity index (χ4n) is 1.96. The second-order valence-electron chi connectivity index (χ2n) is 5.68. The van der Waals surface area contributed by atoms with E-state index in [0.717, 1.165) is 6.42 Å². The van der Waals surface area contributed by atoms with Gasteiger partial charge in [0, 0.05) is 12.6 Å². The lowest BCUT2D eigenvalue weighted by Gasteiger charge is -2.41. The van der Waals surface area contributed by atoms with Crippen LogP contribution in [0.1, 0.15) is 54.9 Å². The number of rotatable bonds is 7. The van der Waals surface area contributed by atoms with Crippen molar-refractivity contribution in [2.24, 2.45) is 5.92 Å². The van der Waals surface area contributed by atoms with Crippen LogP contribution in [-0.4, -0.2) is 35.8 Å². The molecule has 108 valence electrons. The largest absolute Gasteiger partial charge is 0.450 e. The van der Waals surface area contributed by atoms with Crippen LogP contribution in [0.25, 0.3) is 0 Å². The third-order valence-electron chi connectivity index (χ3n) is 3.00. The summed E-state index contributed by atoms with van der Waals surface area (Å²) in [6.45, 7) is 15.4. The van der Waals surface area contributed by atoms with Gasteiger partial charge in [0.2, 0.25) is 0 Å². The molecule has 1 atom stereocenters. The van der Waals surface area contributed by atoms with Gasteiger partial charge in [-0.2, -0.15) is 0 Å². The van der Waals surface area contributed by atoms with Crippen LogP contribution >= 0.6 is 0 Å². The van der Waals surface area contributed by atoms with Crippen LogP contribution in [0, 0.1) is 5.92 Å². The van der Waals surface area contributed by atoms with E-state index in [1.54, 1.807) is 4.90 Å². The molecular weight excluding hydrogens is 228 g/mol. The fourth-order valence-corrected chi connectivity index (χ4v) is 1.96. The van der Waals surface area contributed by atoms with Gasteiger partial charge in [-0.25, -0.2) is 4.79 Å². The molecule has 0 aliphatic rings. The highest BCUT2D eigenvalue weighted by atomic mass is 16.6. The van der Waals surface area contributed by atoms with Gasteiger partial charge in [0.15, 0.2) is 0 Å². The van der Waals surface area contributed by atoms with Crippen molar-refractivity contribution in [3.63, 3.8) is 0 Å². The number of carbonyl (C=O) groups excluding carboxylic acids is 1. The van der Waals surface area contributed by atoms with Gasteiger partial charge in [-0.1, -0.05) is 20.3 Å². The Morgan fingerprint density at radius 3 is 2.22 bits per heavy atom. The van der Waals surface area contributed by atoms with Crippen LogP contribution in [0.3, 0.4) is 0 Å². The van der Waals surface area contributed by atoms with Gasteiger partial charge < -0.3 is 4.74 Å². The SMILES string of the molecule is CCOC(=O)N(CC(C)CC)C(C)(C)NC(C)C. The fraction of sp³-hybridized carbons (Fsp3) is 0.929. The van der Waals surface area contributed by atoms with Crippen LogP contribution in [0.2, 0.25) is 0 Å². The van der Waals surface area contributed by atoms with E-state index in [-0.39, 0.29) is 6.09 Å². The molecule has 1 amide bonds. The van der Waals surface area contributed by atoms with Crippen LogP contribution in [-0.2, 0) is 4.74 Å². The molecule has 4 nitrogen and oxygen atoms in total. The maximum atomic E-state index is 12.1. The molecule has 1 unspecified atom stereocenters. The lowest BCUT2D eigenvalue weighted by molar-refractivity contribution is 0.0390. The maximum Gasteiger partial charge on any atom is 0.411 e. The second-order valence-corrected chi connectivity index (χ2v) is 5.68. The van der Waals surface area contributed by atoms with Crippen molar-refractivity contribution in [3.8, 4) is 0 Å². The van der Waals surface area contributed by atoms with Crippen LogP contribution in [0.5, 0.6) is 0 Å². The van der Waals surface area contributed by atoms with Crippen molar-refractivity contribution >= 4 is 6.09 Å². The van der Waals surface area contributed by atoms with Crippen molar-refractivity contribution in [2.45, 2.75) is 66.6 Å². The first kappa shape index (κ1) is 17.2. The zero-order valence-corrected chi connectivity index (χ0v) is 13.0. The quantitative estimate of drug-likeness (QED) is 0.713. The lowest BCUT2D eigenvalue weighted by Crippen LogP contribution is -2.59. The summed E-state index contributed by atoms with van der Waals surface area (Å²) in [7, 11) is 0. The smallest absolute Gasteiger partial charge is 0.411 e. The van der Waals surface area contributed by atoms with Crippen molar-refractivity contribution < 1.29 is 9.53 Å². The summed E-state index contributed by atoms with van der Waals surface area (Å²) >= 11 is 0. The molecule has 0 radical (unpaired) electrons. The first-order chi connectivity index (χ1) is 8.24. The molecule has 0 aliphatic heterocycles. The third kappa shape index (κ3) is 5.71. The monoisotopic (exact) mass is 258 g/mol. The molecule has 1 N–H and O–H groups in total. The number of carbonyl (C=O) groups is 1. The molecule has 0 fully saturated rings. The Hall–Kier alpha value is -0.770. The Morgan fingerprint density at radius 1 is 1.28 bits per heavy atom. The number of hydrogen-bond donors (Lipinski definition) is 1. The van der Waals surface area contributed by atoms with E-state index in [4.69, 9.17) is 4.74 Å². The summed E-state index contributed by atoms with van der Waals surface area (Å²) in [6, 6.07) is 0.314. The second kappa shape index (κ2) is 7.62. The summed E-state index contributed by atoms with van der Waals surface area (Å²) < 4.78 is 5.16. The van der Waals surface area contributed by atoms with Gasteiger partial charge in [0.1, 0.15) is 0 Å². The molecule has 4 heteroatoms. The van der Waals surface area contributed by atoms with Crippen LogP contribution in [0.4, 0.5) is 4.79 Å². The lowest BCUT2D eigenvalue weighted by atomic mass is 10.1. The standard InChI is InChI=1S/C14H30N2O2/c1-8-12(5)10-16(13(17)18-9-2)14(6,7)15-11(3)4/h11-12,15H,8-10H2,1-7H3. The molecule has 0 aromatic heterocycles. The van der Waals surface area contributed by atoms with Gasteiger partial charge in [-0.3, -0.25) is 10.2 Å². The zero-order valence-electron chi connectivity index (χ0n) is 13.0. The number of nitrogens with one attached hydrogen (secondary N) is 1. The normalized spacial score (nSPS) is 13.6. The Morgan fingerprint density at radius 2 is 1.83 bits per heavy atom. The van der Waals surface area contributed by atoms with E-state index in [9.17, 15) is 4.79 Å². The Kier molecular flexibility index (Phi) is 7.29. The van der Waals surface area contributed by atoms with E-state index in [1.165, 1.54) is 0 Å². The van der Waals surface area contributed by atoms with Crippen molar-refractivity contribution in [1.82, 2.24) is 10.2 Å². The summed E-state index contributed by atoms with van der Waals surface area (Å²) in [5.41, 5.74) is -0.399. The minimum Gasteiger partial charge on any atom is -0.450 e. The first-order valence-electron chi connectivity index (χ1n) is 6.96. The summed E-state index contributed by atoms with van der Waals surface area (Å²) in [4.78, 5) is 13.9. The van der Waals surface area contributed by atoms with E-state index in [2.05, 4.69) is 33.0 Å². The molecule has 0 aromatic rings. The molecule has 0 heterocycles. The van der Waals surface area contributed by atoms with E-state index in [0.29, 0.717) is 25.1 Å². The molecular formula is C14H30N2O2. The molecule has 0 bridgehead atoms. The molecule has 0 aliphatic carbocycles. The van der Waals surface area contributed by atoms with Crippen molar-refractivity contribution in [3.05, 3.63) is 0 Å². The van der Waals surface area contributed by atoms with Crippen molar-refractivity contribution in [1.29, 1.82) is 0 Å². The van der Waals surface area contributed by atoms with Gasteiger partial charge in [-0.15, -0.1) is 0 Å². The molecule has 0 spiro atoms. The maximum absolute atomic E-state index is 12.1. The highest BCUT2D eigenvalue weighted by Gasteiger charge is 2.32. The molecule has 0 saturated heterocycles. The first-order valence-corrected chi connectivity index (χ1v) is 6.96. The van der Waals surface area contributed by atoms with Gasteiger partial charge >= 0.3 is 6.09 Å². The predicted octanol–water partition coefficient (Wildman–Crippen LogP) is 3.23. The van der Waals surface area contributed by atoms with Gasteiger partial charge in [-0.05, 0) is 40.5 Å². The van der Waals surface area contributed by atoms with Gasteiger partial charge in [0.25, 0.3) is 0 Å². The average molecular weight is 258 g/mol. The highest BCUT2D eigenvalue weighted by molar-refractivity contribution is 5.68. The van der Waals surface area contributed by atoms with E-state index >= 15 is 0 Å². The summed E-state index contributed by atoms with van der Waals surface area (Å²) in [5, 5.41) is 3.41.